The Labute approximate surface area is 145 Å². The van der Waals surface area contributed by atoms with Gasteiger partial charge in [-0.05, 0) is 30.9 Å². The Kier molecular flexibility index (Phi) is 11.1. The number of ether oxygens (including phenoxy) is 1. The summed E-state index contributed by atoms with van der Waals surface area (Å²) in [6.07, 6.45) is 1.97. The molecular weight excluding hydrogens is 377 g/mol. The lowest BCUT2D eigenvalue weighted by Gasteiger charge is -2.09. The Hall–Kier alpha value is -0.980. The lowest BCUT2D eigenvalue weighted by atomic mass is 10.1. The molecule has 0 fully saturated rings. The van der Waals surface area contributed by atoms with Crippen LogP contribution in [0.1, 0.15) is 32.3 Å². The summed E-state index contributed by atoms with van der Waals surface area (Å²) >= 11 is 0. The molecule has 4 nitrogen and oxygen atoms in total. The van der Waals surface area contributed by atoms with Gasteiger partial charge in [-0.15, -0.1) is 24.0 Å². The summed E-state index contributed by atoms with van der Waals surface area (Å²) in [5, 5.41) is 3.12. The van der Waals surface area contributed by atoms with Crippen LogP contribution in [0.2, 0.25) is 0 Å². The van der Waals surface area contributed by atoms with Crippen molar-refractivity contribution in [2.45, 2.75) is 33.6 Å². The number of hydrogen-bond acceptors (Lipinski definition) is 2. The van der Waals surface area contributed by atoms with Crippen molar-refractivity contribution in [3.05, 3.63) is 29.8 Å². The summed E-state index contributed by atoms with van der Waals surface area (Å²) in [5.74, 6) is 2.15. The maximum atomic E-state index is 5.78. The van der Waals surface area contributed by atoms with Crippen LogP contribution in [0, 0.1) is 12.8 Å². The van der Waals surface area contributed by atoms with E-state index in [2.05, 4.69) is 24.2 Å². The zero-order chi connectivity index (χ0) is 14.8. The third-order valence-corrected chi connectivity index (χ3v) is 2.96. The molecule has 1 rings (SSSR count). The highest BCUT2D eigenvalue weighted by molar-refractivity contribution is 14.0. The summed E-state index contributed by atoms with van der Waals surface area (Å²) in [6, 6.07) is 8.03. The number of guanidine groups is 1. The van der Waals surface area contributed by atoms with E-state index in [1.54, 1.807) is 0 Å². The minimum atomic E-state index is 0. The van der Waals surface area contributed by atoms with Gasteiger partial charge in [0.15, 0.2) is 5.96 Å². The van der Waals surface area contributed by atoms with Gasteiger partial charge in [0.1, 0.15) is 5.75 Å². The van der Waals surface area contributed by atoms with Crippen molar-refractivity contribution in [1.29, 1.82) is 0 Å². The average Bonchev–Trinajstić information content (AvgIpc) is 2.40. The minimum absolute atomic E-state index is 0. The molecule has 5 heteroatoms. The van der Waals surface area contributed by atoms with Gasteiger partial charge in [0.25, 0.3) is 0 Å². The van der Waals surface area contributed by atoms with E-state index in [0.717, 1.165) is 30.7 Å². The van der Waals surface area contributed by atoms with Crippen LogP contribution in [-0.2, 0) is 0 Å². The fraction of sp³-hybridized carbons (Fsp3) is 0.562. The van der Waals surface area contributed by atoms with E-state index >= 15 is 0 Å². The molecule has 0 saturated carbocycles. The van der Waals surface area contributed by atoms with E-state index in [4.69, 9.17) is 10.5 Å². The number of nitrogens with zero attached hydrogens (tertiary/aromatic N) is 1. The predicted octanol–water partition coefficient (Wildman–Crippen LogP) is 3.33. The highest BCUT2D eigenvalue weighted by Crippen LogP contribution is 2.15. The summed E-state index contributed by atoms with van der Waals surface area (Å²) in [4.78, 5) is 4.28. The van der Waals surface area contributed by atoms with Crippen LogP contribution < -0.4 is 15.8 Å². The fourth-order valence-electron chi connectivity index (χ4n) is 1.71. The van der Waals surface area contributed by atoms with E-state index in [0.29, 0.717) is 25.0 Å². The smallest absolute Gasteiger partial charge is 0.188 e. The van der Waals surface area contributed by atoms with Crippen LogP contribution in [0.4, 0.5) is 0 Å². The van der Waals surface area contributed by atoms with Gasteiger partial charge in [0, 0.05) is 19.5 Å². The molecule has 0 aliphatic heterocycles. The van der Waals surface area contributed by atoms with Crippen LogP contribution in [0.5, 0.6) is 5.75 Å². The van der Waals surface area contributed by atoms with Crippen LogP contribution in [0.3, 0.4) is 0 Å². The standard InChI is InChI=1S/C16H27N3O.HI/c1-13(2)9-11-19-16(17)18-10-6-12-20-15-8-5-4-7-14(15)3;/h4-5,7-8,13H,6,9-12H2,1-3H3,(H3,17,18,19);1H. The van der Waals surface area contributed by atoms with E-state index < -0.39 is 0 Å². The van der Waals surface area contributed by atoms with Gasteiger partial charge in [-0.25, -0.2) is 0 Å². The molecule has 21 heavy (non-hydrogen) atoms. The Bertz CT molecular complexity index is 422. The van der Waals surface area contributed by atoms with Crippen LogP contribution in [0.15, 0.2) is 29.3 Å². The molecular formula is C16H28IN3O. The van der Waals surface area contributed by atoms with Crippen molar-refractivity contribution >= 4 is 29.9 Å². The summed E-state index contributed by atoms with van der Waals surface area (Å²) in [7, 11) is 0. The SMILES string of the molecule is Cc1ccccc1OCCCN=C(N)NCCC(C)C.I. The van der Waals surface area contributed by atoms with Gasteiger partial charge in [0.2, 0.25) is 0 Å². The minimum Gasteiger partial charge on any atom is -0.493 e. The van der Waals surface area contributed by atoms with Gasteiger partial charge >= 0.3 is 0 Å². The van der Waals surface area contributed by atoms with Gasteiger partial charge in [-0.1, -0.05) is 32.0 Å². The van der Waals surface area contributed by atoms with Crippen LogP contribution >= 0.6 is 24.0 Å². The van der Waals surface area contributed by atoms with E-state index in [-0.39, 0.29) is 24.0 Å². The van der Waals surface area contributed by atoms with Gasteiger partial charge in [-0.3, -0.25) is 4.99 Å². The monoisotopic (exact) mass is 405 g/mol. The third kappa shape index (κ3) is 9.55. The van der Waals surface area contributed by atoms with Crippen molar-refractivity contribution < 1.29 is 4.74 Å². The first-order valence-corrected chi connectivity index (χ1v) is 7.32. The molecule has 0 atom stereocenters. The Morgan fingerprint density at radius 2 is 2.05 bits per heavy atom. The van der Waals surface area contributed by atoms with Crippen molar-refractivity contribution in [3.63, 3.8) is 0 Å². The predicted molar refractivity (Wildman–Crippen MR) is 101 cm³/mol. The molecule has 1 aromatic rings. The molecule has 0 saturated heterocycles. The largest absolute Gasteiger partial charge is 0.493 e. The van der Waals surface area contributed by atoms with Gasteiger partial charge in [-0.2, -0.15) is 0 Å². The normalized spacial score (nSPS) is 11.1. The van der Waals surface area contributed by atoms with Crippen LogP contribution in [-0.4, -0.2) is 25.7 Å². The molecule has 3 N–H and O–H groups in total. The first kappa shape index (κ1) is 20.0. The first-order chi connectivity index (χ1) is 9.59. The second kappa shape index (κ2) is 11.7. The number of para-hydroxylation sites is 1. The highest BCUT2D eigenvalue weighted by atomic mass is 127. The second-order valence-corrected chi connectivity index (χ2v) is 5.34. The lowest BCUT2D eigenvalue weighted by Crippen LogP contribution is -2.33. The number of rotatable bonds is 8. The quantitative estimate of drug-likeness (QED) is 0.302. The Morgan fingerprint density at radius 1 is 1.33 bits per heavy atom. The third-order valence-electron chi connectivity index (χ3n) is 2.96. The molecule has 0 bridgehead atoms. The number of benzene rings is 1. The molecule has 0 amide bonds. The average molecular weight is 405 g/mol. The molecule has 0 aromatic heterocycles. The second-order valence-electron chi connectivity index (χ2n) is 5.34. The zero-order valence-electron chi connectivity index (χ0n) is 13.3. The highest BCUT2D eigenvalue weighted by Gasteiger charge is 1.97. The number of aliphatic imine (C=N–C) groups is 1. The molecule has 1 aromatic carbocycles. The topological polar surface area (TPSA) is 59.6 Å². The Balaban J connectivity index is 0.00000400. The number of halogens is 1. The first-order valence-electron chi connectivity index (χ1n) is 7.32. The summed E-state index contributed by atoms with van der Waals surface area (Å²) < 4.78 is 5.70. The van der Waals surface area contributed by atoms with E-state index in [1.165, 1.54) is 0 Å². The summed E-state index contributed by atoms with van der Waals surface area (Å²) in [6.45, 7) is 8.66. The number of aryl methyl sites for hydroxylation is 1. The lowest BCUT2D eigenvalue weighted by molar-refractivity contribution is 0.311. The molecule has 120 valence electrons. The van der Waals surface area contributed by atoms with Crippen molar-refractivity contribution in [2.75, 3.05) is 19.7 Å². The number of hydrogen-bond donors (Lipinski definition) is 2. The Morgan fingerprint density at radius 3 is 2.71 bits per heavy atom. The van der Waals surface area contributed by atoms with Crippen molar-refractivity contribution in [3.8, 4) is 5.75 Å². The van der Waals surface area contributed by atoms with E-state index in [9.17, 15) is 0 Å². The van der Waals surface area contributed by atoms with E-state index in [1.807, 2.05) is 31.2 Å². The van der Waals surface area contributed by atoms with Crippen molar-refractivity contribution in [2.24, 2.45) is 16.6 Å². The maximum Gasteiger partial charge on any atom is 0.188 e. The van der Waals surface area contributed by atoms with Crippen molar-refractivity contribution in [1.82, 2.24) is 5.32 Å². The molecule has 0 radical (unpaired) electrons. The zero-order valence-corrected chi connectivity index (χ0v) is 15.6. The maximum absolute atomic E-state index is 5.78. The number of nitrogens with two attached hydrogens (primary N) is 1. The summed E-state index contributed by atoms with van der Waals surface area (Å²) in [5.41, 5.74) is 6.93. The molecule has 0 aliphatic rings. The van der Waals surface area contributed by atoms with Crippen LogP contribution in [0.25, 0.3) is 0 Å². The molecule has 0 unspecified atom stereocenters. The molecule has 0 aliphatic carbocycles. The molecule has 0 heterocycles. The fourth-order valence-corrected chi connectivity index (χ4v) is 1.71. The molecule has 0 spiro atoms. The van der Waals surface area contributed by atoms with Gasteiger partial charge in [0.05, 0.1) is 6.61 Å². The van der Waals surface area contributed by atoms with Gasteiger partial charge < -0.3 is 15.8 Å². The number of nitrogens with one attached hydrogen (secondary N) is 1.